The van der Waals surface area contributed by atoms with Gasteiger partial charge in [0.2, 0.25) is 5.91 Å². The first-order valence-corrected chi connectivity index (χ1v) is 5.05. The Kier molecular flexibility index (Phi) is 6.13. The number of rotatable bonds is 7. The van der Waals surface area contributed by atoms with E-state index in [4.69, 9.17) is 9.47 Å². The number of nitrogens with one attached hydrogen (secondary N) is 1. The van der Waals surface area contributed by atoms with Crippen molar-refractivity contribution in [2.24, 2.45) is 0 Å². The van der Waals surface area contributed by atoms with Crippen LogP contribution in [0.1, 0.15) is 5.56 Å². The van der Waals surface area contributed by atoms with Crippen molar-refractivity contribution in [3.05, 3.63) is 30.1 Å². The number of amides is 1. The molecule has 1 heterocycles. The molecule has 88 valence electrons. The molecule has 1 N–H and O–H groups in total. The lowest BCUT2D eigenvalue weighted by atomic mass is 10.3. The molecule has 0 unspecified atom stereocenters. The normalized spacial score (nSPS) is 10.1. The van der Waals surface area contributed by atoms with Crippen LogP contribution in [-0.4, -0.2) is 37.8 Å². The Hall–Kier alpha value is -1.46. The van der Waals surface area contributed by atoms with E-state index in [0.717, 1.165) is 5.56 Å². The minimum absolute atomic E-state index is 0.0639. The summed E-state index contributed by atoms with van der Waals surface area (Å²) in [6, 6.07) is 3.71. The molecule has 0 fully saturated rings. The third kappa shape index (κ3) is 5.43. The molecule has 1 aromatic rings. The van der Waals surface area contributed by atoms with Gasteiger partial charge >= 0.3 is 0 Å². The highest BCUT2D eigenvalue weighted by molar-refractivity contribution is 5.77. The van der Waals surface area contributed by atoms with E-state index in [1.54, 1.807) is 19.5 Å². The Balaban J connectivity index is 2.11. The van der Waals surface area contributed by atoms with Crippen molar-refractivity contribution in [3.63, 3.8) is 0 Å². The van der Waals surface area contributed by atoms with Gasteiger partial charge in [-0.3, -0.25) is 9.78 Å². The molecule has 0 radical (unpaired) electrons. The molecule has 0 spiro atoms. The SMILES string of the molecule is COCCOCC(=O)NCc1ccncc1. The Morgan fingerprint density at radius 1 is 1.38 bits per heavy atom. The summed E-state index contributed by atoms with van der Waals surface area (Å²) in [5.41, 5.74) is 1.01. The molecule has 1 aromatic heterocycles. The molecular formula is C11H16N2O3. The molecular weight excluding hydrogens is 208 g/mol. The summed E-state index contributed by atoms with van der Waals surface area (Å²) >= 11 is 0. The maximum Gasteiger partial charge on any atom is 0.246 e. The molecule has 0 bridgehead atoms. The van der Waals surface area contributed by atoms with Crippen LogP contribution >= 0.6 is 0 Å². The van der Waals surface area contributed by atoms with Gasteiger partial charge in [0.1, 0.15) is 6.61 Å². The molecule has 1 rings (SSSR count). The van der Waals surface area contributed by atoms with Gasteiger partial charge in [-0.1, -0.05) is 0 Å². The van der Waals surface area contributed by atoms with Crippen molar-refractivity contribution < 1.29 is 14.3 Å². The monoisotopic (exact) mass is 224 g/mol. The van der Waals surface area contributed by atoms with Crippen molar-refractivity contribution in [2.45, 2.75) is 6.54 Å². The molecule has 0 saturated carbocycles. The van der Waals surface area contributed by atoms with Crippen LogP contribution in [0.2, 0.25) is 0 Å². The molecule has 0 aromatic carbocycles. The predicted octanol–water partition coefficient (Wildman–Crippen LogP) is 0.361. The van der Waals surface area contributed by atoms with Crippen LogP contribution in [0.25, 0.3) is 0 Å². The number of nitrogens with zero attached hydrogens (tertiary/aromatic N) is 1. The lowest BCUT2D eigenvalue weighted by Crippen LogP contribution is -2.27. The number of pyridine rings is 1. The minimum atomic E-state index is -0.132. The smallest absolute Gasteiger partial charge is 0.246 e. The Bertz CT molecular complexity index is 303. The second-order valence-electron chi connectivity index (χ2n) is 3.18. The molecule has 0 saturated heterocycles. The topological polar surface area (TPSA) is 60.5 Å². The highest BCUT2D eigenvalue weighted by atomic mass is 16.5. The number of methoxy groups -OCH3 is 1. The summed E-state index contributed by atoms with van der Waals surface area (Å²) in [5, 5.41) is 2.74. The largest absolute Gasteiger partial charge is 0.382 e. The van der Waals surface area contributed by atoms with Gasteiger partial charge in [-0.2, -0.15) is 0 Å². The first-order valence-electron chi connectivity index (χ1n) is 5.05. The summed E-state index contributed by atoms with van der Waals surface area (Å²) < 4.78 is 9.86. The first-order chi connectivity index (χ1) is 7.83. The third-order valence-corrected chi connectivity index (χ3v) is 1.90. The Morgan fingerprint density at radius 3 is 2.81 bits per heavy atom. The quantitative estimate of drug-likeness (QED) is 0.679. The second kappa shape index (κ2) is 7.78. The zero-order valence-corrected chi connectivity index (χ0v) is 9.31. The molecule has 0 aliphatic carbocycles. The second-order valence-corrected chi connectivity index (χ2v) is 3.18. The number of hydrogen-bond acceptors (Lipinski definition) is 4. The van der Waals surface area contributed by atoms with E-state index < -0.39 is 0 Å². The van der Waals surface area contributed by atoms with Gasteiger partial charge in [0.05, 0.1) is 13.2 Å². The van der Waals surface area contributed by atoms with Gasteiger partial charge in [-0.05, 0) is 17.7 Å². The van der Waals surface area contributed by atoms with Crippen molar-refractivity contribution >= 4 is 5.91 Å². The highest BCUT2D eigenvalue weighted by Crippen LogP contribution is 1.94. The number of carbonyl (C=O) groups excluding carboxylic acids is 1. The van der Waals surface area contributed by atoms with E-state index in [9.17, 15) is 4.79 Å². The van der Waals surface area contributed by atoms with Crippen LogP contribution in [0.5, 0.6) is 0 Å². The van der Waals surface area contributed by atoms with Crippen molar-refractivity contribution in [1.82, 2.24) is 10.3 Å². The van der Waals surface area contributed by atoms with E-state index >= 15 is 0 Å². The summed E-state index contributed by atoms with van der Waals surface area (Å²) in [6.07, 6.45) is 3.38. The summed E-state index contributed by atoms with van der Waals surface area (Å²) in [4.78, 5) is 15.2. The van der Waals surface area contributed by atoms with Crippen LogP contribution in [-0.2, 0) is 20.8 Å². The van der Waals surface area contributed by atoms with Crippen LogP contribution in [0, 0.1) is 0 Å². The number of hydrogen-bond donors (Lipinski definition) is 1. The summed E-state index contributed by atoms with van der Waals surface area (Å²) in [5.74, 6) is -0.132. The standard InChI is InChI=1S/C11H16N2O3/c1-15-6-7-16-9-11(14)13-8-10-2-4-12-5-3-10/h2-5H,6-9H2,1H3,(H,13,14). The molecule has 0 atom stereocenters. The van der Waals surface area contributed by atoms with Gasteiger partial charge in [-0.15, -0.1) is 0 Å². The van der Waals surface area contributed by atoms with Gasteiger partial charge in [0.15, 0.2) is 0 Å². The van der Waals surface area contributed by atoms with Gasteiger partial charge in [0.25, 0.3) is 0 Å². The lowest BCUT2D eigenvalue weighted by molar-refractivity contribution is -0.126. The van der Waals surface area contributed by atoms with Crippen molar-refractivity contribution in [2.75, 3.05) is 26.9 Å². The van der Waals surface area contributed by atoms with Crippen LogP contribution in [0.4, 0.5) is 0 Å². The van der Waals surface area contributed by atoms with E-state index in [1.165, 1.54) is 0 Å². The van der Waals surface area contributed by atoms with Gasteiger partial charge in [0, 0.05) is 26.0 Å². The van der Waals surface area contributed by atoms with Crippen LogP contribution in [0.15, 0.2) is 24.5 Å². The maximum absolute atomic E-state index is 11.3. The van der Waals surface area contributed by atoms with Crippen molar-refractivity contribution in [1.29, 1.82) is 0 Å². The van der Waals surface area contributed by atoms with Crippen molar-refractivity contribution in [3.8, 4) is 0 Å². The third-order valence-electron chi connectivity index (χ3n) is 1.90. The number of aromatic nitrogens is 1. The van der Waals surface area contributed by atoms with Gasteiger partial charge < -0.3 is 14.8 Å². The average molecular weight is 224 g/mol. The van der Waals surface area contributed by atoms with Crippen LogP contribution in [0.3, 0.4) is 0 Å². The molecule has 5 heteroatoms. The first kappa shape index (κ1) is 12.6. The fourth-order valence-electron chi connectivity index (χ4n) is 1.06. The fourth-order valence-corrected chi connectivity index (χ4v) is 1.06. The molecule has 1 amide bonds. The molecule has 16 heavy (non-hydrogen) atoms. The molecule has 5 nitrogen and oxygen atoms in total. The van der Waals surface area contributed by atoms with E-state index in [1.807, 2.05) is 12.1 Å². The number of carbonyl (C=O) groups is 1. The maximum atomic E-state index is 11.3. The number of ether oxygens (including phenoxy) is 2. The molecule has 0 aliphatic rings. The van der Waals surface area contributed by atoms with E-state index in [2.05, 4.69) is 10.3 Å². The fraction of sp³-hybridized carbons (Fsp3) is 0.455. The lowest BCUT2D eigenvalue weighted by Gasteiger charge is -2.05. The van der Waals surface area contributed by atoms with E-state index in [-0.39, 0.29) is 12.5 Å². The highest BCUT2D eigenvalue weighted by Gasteiger charge is 2.00. The summed E-state index contributed by atoms with van der Waals surface area (Å²) in [7, 11) is 1.59. The van der Waals surface area contributed by atoms with E-state index in [0.29, 0.717) is 19.8 Å². The van der Waals surface area contributed by atoms with Crippen LogP contribution < -0.4 is 5.32 Å². The predicted molar refractivity (Wildman–Crippen MR) is 58.8 cm³/mol. The zero-order chi connectivity index (χ0) is 11.6. The summed E-state index contributed by atoms with van der Waals surface area (Å²) in [6.45, 7) is 1.49. The minimum Gasteiger partial charge on any atom is -0.382 e. The van der Waals surface area contributed by atoms with Gasteiger partial charge in [-0.25, -0.2) is 0 Å². The zero-order valence-electron chi connectivity index (χ0n) is 9.31. The Morgan fingerprint density at radius 2 is 2.12 bits per heavy atom. The average Bonchev–Trinajstić information content (AvgIpc) is 2.33. The molecule has 0 aliphatic heterocycles. The Labute approximate surface area is 94.8 Å².